The fraction of sp³-hybridized carbons (Fsp3) is 0.182. The molecule has 1 heterocycles. The first-order valence-corrected chi connectivity index (χ1v) is 11.1. The molecule has 0 aromatic heterocycles. The summed E-state index contributed by atoms with van der Waals surface area (Å²) >= 11 is 12.9. The average molecular weight is 490 g/mol. The Morgan fingerprint density at radius 1 is 1.22 bits per heavy atom. The predicted octanol–water partition coefficient (Wildman–Crippen LogP) is 4.49. The van der Waals surface area contributed by atoms with Crippen molar-refractivity contribution in [3.05, 3.63) is 74.2 Å². The lowest BCUT2D eigenvalue weighted by Crippen LogP contribution is -2.31. The van der Waals surface area contributed by atoms with Crippen molar-refractivity contribution >= 4 is 58.4 Å². The maximum absolute atomic E-state index is 12.3. The van der Waals surface area contributed by atoms with Crippen molar-refractivity contribution in [1.82, 2.24) is 5.32 Å². The molecule has 0 radical (unpaired) electrons. The van der Waals surface area contributed by atoms with E-state index in [-0.39, 0.29) is 24.0 Å². The van der Waals surface area contributed by atoms with Crippen LogP contribution in [-0.4, -0.2) is 30.6 Å². The number of hydrogen-bond donors (Lipinski definition) is 2. The molecule has 0 aliphatic carbocycles. The zero-order valence-corrected chi connectivity index (χ0v) is 19.1. The van der Waals surface area contributed by atoms with Crippen molar-refractivity contribution in [2.24, 2.45) is 0 Å². The summed E-state index contributed by atoms with van der Waals surface area (Å²) in [5.74, 6) is -1.59. The van der Waals surface area contributed by atoms with E-state index in [2.05, 4.69) is 21.4 Å². The van der Waals surface area contributed by atoms with Gasteiger partial charge in [0.05, 0.1) is 45.1 Å². The Bertz CT molecular complexity index is 1140. The van der Waals surface area contributed by atoms with Crippen LogP contribution in [0.4, 0.5) is 5.69 Å². The maximum atomic E-state index is 12.3. The second-order valence-electron chi connectivity index (χ2n) is 6.74. The number of carbonyl (C=O) groups is 3. The first kappa shape index (κ1) is 23.7. The van der Waals surface area contributed by atoms with Crippen LogP contribution in [0.15, 0.2) is 53.1 Å². The molecule has 10 heteroatoms. The number of esters is 1. The normalized spacial score (nSPS) is 15.6. The molecular formula is C22H17Cl2N3O4S. The van der Waals surface area contributed by atoms with Gasteiger partial charge in [-0.25, -0.2) is 4.79 Å². The minimum atomic E-state index is -0.485. The molecule has 0 saturated carbocycles. The smallest absolute Gasteiger partial charge is 0.337 e. The average Bonchev–Trinajstić information content (AvgIpc) is 2.79. The third-order valence-corrected chi connectivity index (χ3v) is 6.40. The van der Waals surface area contributed by atoms with E-state index in [9.17, 15) is 19.6 Å². The summed E-state index contributed by atoms with van der Waals surface area (Å²) in [7, 11) is 1.29. The fourth-order valence-corrected chi connectivity index (χ4v) is 4.27. The number of methoxy groups -OCH3 is 1. The van der Waals surface area contributed by atoms with Gasteiger partial charge in [-0.3, -0.25) is 9.59 Å². The minimum Gasteiger partial charge on any atom is -0.465 e. The lowest BCUT2D eigenvalue weighted by Gasteiger charge is -2.25. The summed E-state index contributed by atoms with van der Waals surface area (Å²) in [6.07, 6.45) is 0.0833. The number of anilines is 1. The summed E-state index contributed by atoms with van der Waals surface area (Å²) < 4.78 is 4.69. The SMILES string of the molecule is COC(=O)c1ccc([C@@H]2CC(=O)NC(SCC(=O)Nc3ccc(Cl)c(Cl)c3)=C2C#N)cc1. The topological polar surface area (TPSA) is 108 Å². The number of carbonyl (C=O) groups excluding carboxylic acids is 3. The number of ether oxygens (including phenoxy) is 1. The molecule has 2 aromatic carbocycles. The summed E-state index contributed by atoms with van der Waals surface area (Å²) in [5, 5.41) is 16.1. The number of allylic oxidation sites excluding steroid dienone is 1. The van der Waals surface area contributed by atoms with Crippen molar-refractivity contribution in [2.75, 3.05) is 18.2 Å². The number of nitrogens with one attached hydrogen (secondary N) is 2. The lowest BCUT2D eigenvalue weighted by atomic mass is 9.87. The van der Waals surface area contributed by atoms with Crippen LogP contribution in [0.1, 0.15) is 28.3 Å². The Hall–Kier alpha value is -2.99. The van der Waals surface area contributed by atoms with E-state index in [0.29, 0.717) is 37.5 Å². The molecule has 1 atom stereocenters. The molecule has 7 nitrogen and oxygen atoms in total. The van der Waals surface area contributed by atoms with Crippen molar-refractivity contribution < 1.29 is 19.1 Å². The summed E-state index contributed by atoms with van der Waals surface area (Å²) in [5.41, 5.74) is 1.91. The molecule has 3 rings (SSSR count). The molecule has 0 unspecified atom stereocenters. The quantitative estimate of drug-likeness (QED) is 0.578. The first-order valence-electron chi connectivity index (χ1n) is 9.32. The van der Waals surface area contributed by atoms with Gasteiger partial charge in [-0.05, 0) is 35.9 Å². The Labute approximate surface area is 198 Å². The van der Waals surface area contributed by atoms with Crippen molar-refractivity contribution in [1.29, 1.82) is 5.26 Å². The largest absolute Gasteiger partial charge is 0.465 e. The van der Waals surface area contributed by atoms with Gasteiger partial charge in [0.2, 0.25) is 11.8 Å². The van der Waals surface area contributed by atoms with E-state index < -0.39 is 11.9 Å². The van der Waals surface area contributed by atoms with Gasteiger partial charge in [-0.1, -0.05) is 47.1 Å². The number of hydrogen-bond acceptors (Lipinski definition) is 6. The van der Waals surface area contributed by atoms with Crippen LogP contribution in [0.2, 0.25) is 10.0 Å². The standard InChI is InChI=1S/C22H17Cl2N3O4S/c1-31-22(30)13-4-2-12(3-5-13)15-9-19(28)27-21(16(15)10-25)32-11-20(29)26-14-6-7-17(23)18(24)8-14/h2-8,15H,9,11H2,1H3,(H,26,29)(H,27,28)/t15-/m0/s1. The molecule has 2 amide bonds. The molecule has 0 saturated heterocycles. The second kappa shape index (κ2) is 10.6. The summed E-state index contributed by atoms with van der Waals surface area (Å²) in [6.45, 7) is 0. The number of amides is 2. The van der Waals surface area contributed by atoms with Crippen molar-refractivity contribution in [3.63, 3.8) is 0 Å². The Kier molecular flexibility index (Phi) is 7.80. The number of nitrogens with zero attached hydrogens (tertiary/aromatic N) is 1. The molecular weight excluding hydrogens is 473 g/mol. The number of halogens is 2. The van der Waals surface area contributed by atoms with Crippen LogP contribution in [0.5, 0.6) is 0 Å². The number of rotatable bonds is 6. The van der Waals surface area contributed by atoms with E-state index in [1.807, 2.05) is 0 Å². The zero-order chi connectivity index (χ0) is 23.3. The molecule has 0 spiro atoms. The number of benzene rings is 2. The molecule has 2 N–H and O–H groups in total. The monoisotopic (exact) mass is 489 g/mol. The molecule has 1 aliphatic heterocycles. The van der Waals surface area contributed by atoms with E-state index in [1.165, 1.54) is 13.2 Å². The number of thioether (sulfide) groups is 1. The maximum Gasteiger partial charge on any atom is 0.337 e. The Morgan fingerprint density at radius 2 is 1.94 bits per heavy atom. The van der Waals surface area contributed by atoms with E-state index >= 15 is 0 Å². The molecule has 0 fully saturated rings. The zero-order valence-electron chi connectivity index (χ0n) is 16.8. The highest BCUT2D eigenvalue weighted by Crippen LogP contribution is 2.36. The summed E-state index contributed by atoms with van der Waals surface area (Å²) in [4.78, 5) is 36.3. The van der Waals surface area contributed by atoms with Crippen molar-refractivity contribution in [3.8, 4) is 6.07 Å². The van der Waals surface area contributed by atoms with Crippen LogP contribution < -0.4 is 10.6 Å². The highest BCUT2D eigenvalue weighted by molar-refractivity contribution is 8.03. The second-order valence-corrected chi connectivity index (χ2v) is 8.54. The molecule has 32 heavy (non-hydrogen) atoms. The van der Waals surface area contributed by atoms with Crippen LogP contribution in [0.25, 0.3) is 0 Å². The predicted molar refractivity (Wildman–Crippen MR) is 123 cm³/mol. The van der Waals surface area contributed by atoms with E-state index in [1.54, 1.807) is 36.4 Å². The molecule has 164 valence electrons. The molecule has 0 bridgehead atoms. The van der Waals surface area contributed by atoms with Gasteiger partial charge < -0.3 is 15.4 Å². The van der Waals surface area contributed by atoms with Crippen molar-refractivity contribution in [2.45, 2.75) is 12.3 Å². The van der Waals surface area contributed by atoms with Crippen LogP contribution >= 0.6 is 35.0 Å². The van der Waals surface area contributed by atoms with Gasteiger partial charge in [0.1, 0.15) is 0 Å². The molecule has 2 aromatic rings. The van der Waals surface area contributed by atoms with Gasteiger partial charge in [0.15, 0.2) is 0 Å². The van der Waals surface area contributed by atoms with Gasteiger partial charge >= 0.3 is 5.97 Å². The van der Waals surface area contributed by atoms with E-state index in [4.69, 9.17) is 23.2 Å². The highest BCUT2D eigenvalue weighted by atomic mass is 35.5. The summed E-state index contributed by atoms with van der Waals surface area (Å²) in [6, 6.07) is 13.4. The van der Waals surface area contributed by atoms with Gasteiger partial charge in [0.25, 0.3) is 0 Å². The lowest BCUT2D eigenvalue weighted by molar-refractivity contribution is -0.121. The van der Waals surface area contributed by atoms with Crippen LogP contribution in [-0.2, 0) is 14.3 Å². The minimum absolute atomic E-state index is 0.0327. The van der Waals surface area contributed by atoms with Gasteiger partial charge in [-0.15, -0.1) is 0 Å². The fourth-order valence-electron chi connectivity index (χ4n) is 3.10. The van der Waals surface area contributed by atoms with E-state index in [0.717, 1.165) is 11.8 Å². The van der Waals surface area contributed by atoms with Gasteiger partial charge in [0, 0.05) is 18.0 Å². The Balaban J connectivity index is 1.75. The molecule has 1 aliphatic rings. The van der Waals surface area contributed by atoms with Gasteiger partial charge in [-0.2, -0.15) is 5.26 Å². The Morgan fingerprint density at radius 3 is 2.56 bits per heavy atom. The van der Waals surface area contributed by atoms with Crippen LogP contribution in [0.3, 0.4) is 0 Å². The van der Waals surface area contributed by atoms with Crippen LogP contribution in [0, 0.1) is 11.3 Å². The first-order chi connectivity index (χ1) is 15.3. The highest BCUT2D eigenvalue weighted by Gasteiger charge is 2.30. The third-order valence-electron chi connectivity index (χ3n) is 4.64. The third kappa shape index (κ3) is 5.62. The number of nitriles is 1.